The van der Waals surface area contributed by atoms with E-state index >= 15 is 0 Å². The second kappa shape index (κ2) is 5.02. The first-order valence-corrected chi connectivity index (χ1v) is 6.90. The Morgan fingerprint density at radius 2 is 2.05 bits per heavy atom. The highest BCUT2D eigenvalue weighted by atomic mass is 16.1. The normalized spacial score (nSPS) is 18.5. The standard InChI is InChI=1S/C17H15N3O/c1-12(21)20-17(9-5-10-18)14-7-3-2-6-13(14)16-15(17)8-4-11-19-16/h2-4,6-8,11H,5,9H2,1H3,(H,20,21). The summed E-state index contributed by atoms with van der Waals surface area (Å²) in [5, 5.41) is 12.1. The molecule has 4 heteroatoms. The first-order chi connectivity index (χ1) is 10.2. The molecule has 1 N–H and O–H groups in total. The summed E-state index contributed by atoms with van der Waals surface area (Å²) in [5.41, 5.74) is 3.25. The van der Waals surface area contributed by atoms with Crippen LogP contribution >= 0.6 is 0 Å². The molecular formula is C17H15N3O. The van der Waals surface area contributed by atoms with Crippen LogP contribution in [0.4, 0.5) is 0 Å². The summed E-state index contributed by atoms with van der Waals surface area (Å²) in [6.07, 6.45) is 2.66. The molecule has 2 aromatic rings. The quantitative estimate of drug-likeness (QED) is 0.938. The van der Waals surface area contributed by atoms with Crippen molar-refractivity contribution in [1.29, 1.82) is 5.26 Å². The Hall–Kier alpha value is -2.67. The van der Waals surface area contributed by atoms with Crippen LogP contribution in [-0.4, -0.2) is 10.9 Å². The van der Waals surface area contributed by atoms with E-state index in [0.717, 1.165) is 22.4 Å². The van der Waals surface area contributed by atoms with Crippen LogP contribution < -0.4 is 5.32 Å². The first-order valence-electron chi connectivity index (χ1n) is 6.90. The summed E-state index contributed by atoms with van der Waals surface area (Å²) in [6, 6.07) is 14.0. The highest BCUT2D eigenvalue weighted by Crippen LogP contribution is 2.48. The fourth-order valence-electron chi connectivity index (χ4n) is 3.18. The van der Waals surface area contributed by atoms with Crippen molar-refractivity contribution in [2.75, 3.05) is 0 Å². The molecule has 1 heterocycles. The summed E-state index contributed by atoms with van der Waals surface area (Å²) in [7, 11) is 0. The van der Waals surface area contributed by atoms with E-state index in [1.807, 2.05) is 36.4 Å². The Labute approximate surface area is 123 Å². The van der Waals surface area contributed by atoms with Gasteiger partial charge in [-0.25, -0.2) is 0 Å². The van der Waals surface area contributed by atoms with E-state index in [1.165, 1.54) is 6.92 Å². The van der Waals surface area contributed by atoms with E-state index in [1.54, 1.807) is 6.20 Å². The molecule has 1 atom stereocenters. The molecule has 3 rings (SSSR count). The van der Waals surface area contributed by atoms with E-state index in [-0.39, 0.29) is 5.91 Å². The minimum Gasteiger partial charge on any atom is -0.343 e. The summed E-state index contributed by atoms with van der Waals surface area (Å²) >= 11 is 0. The number of amides is 1. The second-order valence-corrected chi connectivity index (χ2v) is 5.19. The number of fused-ring (bicyclic) bond motifs is 3. The third-order valence-electron chi connectivity index (χ3n) is 3.91. The van der Waals surface area contributed by atoms with Crippen LogP contribution in [0.3, 0.4) is 0 Å². The van der Waals surface area contributed by atoms with Gasteiger partial charge in [0.15, 0.2) is 0 Å². The number of pyridine rings is 1. The molecular weight excluding hydrogens is 262 g/mol. The fraction of sp³-hybridized carbons (Fsp3) is 0.235. The van der Waals surface area contributed by atoms with Crippen molar-refractivity contribution in [3.05, 3.63) is 53.7 Å². The van der Waals surface area contributed by atoms with Gasteiger partial charge in [0, 0.05) is 30.7 Å². The Balaban J connectivity index is 2.27. The van der Waals surface area contributed by atoms with Crippen LogP contribution in [0, 0.1) is 11.3 Å². The SMILES string of the molecule is CC(=O)NC1(CCC#N)c2ccccc2-c2ncccc21. The summed E-state index contributed by atoms with van der Waals surface area (Å²) in [6.45, 7) is 1.51. The van der Waals surface area contributed by atoms with Gasteiger partial charge in [0.1, 0.15) is 0 Å². The van der Waals surface area contributed by atoms with Gasteiger partial charge in [0.05, 0.1) is 17.3 Å². The van der Waals surface area contributed by atoms with Crippen LogP contribution in [0.15, 0.2) is 42.6 Å². The predicted octanol–water partition coefficient (Wildman–Crippen LogP) is 2.75. The molecule has 1 unspecified atom stereocenters. The van der Waals surface area contributed by atoms with Crippen LogP contribution in [0.2, 0.25) is 0 Å². The Kier molecular flexibility index (Phi) is 3.19. The topological polar surface area (TPSA) is 65.8 Å². The highest BCUT2D eigenvalue weighted by Gasteiger charge is 2.44. The van der Waals surface area contributed by atoms with Gasteiger partial charge in [-0.3, -0.25) is 9.78 Å². The van der Waals surface area contributed by atoms with Gasteiger partial charge in [-0.1, -0.05) is 30.3 Å². The van der Waals surface area contributed by atoms with Crippen molar-refractivity contribution in [1.82, 2.24) is 10.3 Å². The lowest BCUT2D eigenvalue weighted by atomic mass is 9.83. The zero-order valence-electron chi connectivity index (χ0n) is 11.8. The zero-order chi connectivity index (χ0) is 14.9. The molecule has 1 aromatic carbocycles. The second-order valence-electron chi connectivity index (χ2n) is 5.19. The van der Waals surface area contributed by atoms with Gasteiger partial charge >= 0.3 is 0 Å². The van der Waals surface area contributed by atoms with Crippen molar-refractivity contribution in [3.63, 3.8) is 0 Å². The fourth-order valence-corrected chi connectivity index (χ4v) is 3.18. The molecule has 0 radical (unpaired) electrons. The average Bonchev–Trinajstić information content (AvgIpc) is 2.77. The number of hydrogen-bond donors (Lipinski definition) is 1. The highest BCUT2D eigenvalue weighted by molar-refractivity contribution is 5.82. The zero-order valence-corrected chi connectivity index (χ0v) is 11.8. The monoisotopic (exact) mass is 277 g/mol. The van der Waals surface area contributed by atoms with E-state index in [2.05, 4.69) is 16.4 Å². The lowest BCUT2D eigenvalue weighted by molar-refractivity contribution is -0.120. The van der Waals surface area contributed by atoms with E-state index < -0.39 is 5.54 Å². The van der Waals surface area contributed by atoms with Gasteiger partial charge in [-0.15, -0.1) is 0 Å². The molecule has 0 saturated carbocycles. The lowest BCUT2D eigenvalue weighted by Crippen LogP contribution is -2.44. The van der Waals surface area contributed by atoms with E-state index in [4.69, 9.17) is 5.26 Å². The number of carbonyl (C=O) groups excluding carboxylic acids is 1. The molecule has 1 aliphatic carbocycles. The van der Waals surface area contributed by atoms with Gasteiger partial charge < -0.3 is 5.32 Å². The number of nitriles is 1. The molecule has 21 heavy (non-hydrogen) atoms. The van der Waals surface area contributed by atoms with E-state index in [0.29, 0.717) is 12.8 Å². The van der Waals surface area contributed by atoms with Crippen molar-refractivity contribution in [3.8, 4) is 17.3 Å². The number of rotatable bonds is 3. The maximum Gasteiger partial charge on any atom is 0.217 e. The lowest BCUT2D eigenvalue weighted by Gasteiger charge is -2.32. The predicted molar refractivity (Wildman–Crippen MR) is 79.1 cm³/mol. The largest absolute Gasteiger partial charge is 0.343 e. The van der Waals surface area contributed by atoms with Crippen molar-refractivity contribution in [2.45, 2.75) is 25.3 Å². The number of aromatic nitrogens is 1. The maximum atomic E-state index is 11.8. The molecule has 1 aromatic heterocycles. The number of nitrogens with zero attached hydrogens (tertiary/aromatic N) is 2. The minimum absolute atomic E-state index is 0.112. The number of carbonyl (C=O) groups is 1. The Morgan fingerprint density at radius 3 is 2.81 bits per heavy atom. The third kappa shape index (κ3) is 1.98. The molecule has 0 saturated heterocycles. The van der Waals surface area contributed by atoms with Crippen LogP contribution in [0.1, 0.15) is 30.9 Å². The molecule has 104 valence electrons. The molecule has 1 amide bonds. The molecule has 0 aliphatic heterocycles. The molecule has 1 aliphatic rings. The van der Waals surface area contributed by atoms with Gasteiger partial charge in [-0.2, -0.15) is 5.26 Å². The number of hydrogen-bond acceptors (Lipinski definition) is 3. The van der Waals surface area contributed by atoms with Crippen molar-refractivity contribution in [2.24, 2.45) is 0 Å². The van der Waals surface area contributed by atoms with E-state index in [9.17, 15) is 4.79 Å². The van der Waals surface area contributed by atoms with Crippen LogP contribution in [0.25, 0.3) is 11.3 Å². The number of nitrogens with one attached hydrogen (secondary N) is 1. The van der Waals surface area contributed by atoms with Gasteiger partial charge in [0.25, 0.3) is 0 Å². The van der Waals surface area contributed by atoms with Crippen LogP contribution in [-0.2, 0) is 10.3 Å². The first kappa shape index (κ1) is 13.3. The third-order valence-corrected chi connectivity index (χ3v) is 3.91. The maximum absolute atomic E-state index is 11.8. The van der Waals surface area contributed by atoms with Gasteiger partial charge in [-0.05, 0) is 18.1 Å². The Morgan fingerprint density at radius 1 is 1.29 bits per heavy atom. The minimum atomic E-state index is -0.651. The summed E-state index contributed by atoms with van der Waals surface area (Å²) < 4.78 is 0. The molecule has 0 bridgehead atoms. The number of benzene rings is 1. The van der Waals surface area contributed by atoms with Gasteiger partial charge in [0.2, 0.25) is 5.91 Å². The van der Waals surface area contributed by atoms with Crippen LogP contribution in [0.5, 0.6) is 0 Å². The molecule has 0 spiro atoms. The summed E-state index contributed by atoms with van der Waals surface area (Å²) in [5.74, 6) is -0.112. The Bertz CT molecular complexity index is 700. The smallest absolute Gasteiger partial charge is 0.217 e. The van der Waals surface area contributed by atoms with Crippen molar-refractivity contribution >= 4 is 5.91 Å². The van der Waals surface area contributed by atoms with Crippen molar-refractivity contribution < 1.29 is 4.79 Å². The molecule has 0 fully saturated rings. The molecule has 4 nitrogen and oxygen atoms in total. The summed E-state index contributed by atoms with van der Waals surface area (Å²) in [4.78, 5) is 16.3. The average molecular weight is 277 g/mol.